The summed E-state index contributed by atoms with van der Waals surface area (Å²) in [4.78, 5) is 18.3. The number of pyridine rings is 1. The van der Waals surface area contributed by atoms with E-state index in [1.807, 2.05) is 37.3 Å². The van der Waals surface area contributed by atoms with Gasteiger partial charge in [0.25, 0.3) is 12.3 Å². The maximum Gasteiger partial charge on any atom is 0.272 e. The summed E-state index contributed by atoms with van der Waals surface area (Å²) in [6.45, 7) is 2.68. The van der Waals surface area contributed by atoms with Crippen LogP contribution in [-0.4, -0.2) is 53.3 Å². The number of carbonyl (C=O) groups is 1. The summed E-state index contributed by atoms with van der Waals surface area (Å²) in [6, 6.07) is 11.0. The molecular formula is C23H25F2N5O3. The smallest absolute Gasteiger partial charge is 0.272 e. The van der Waals surface area contributed by atoms with E-state index in [2.05, 4.69) is 25.4 Å². The number of rotatable bonds is 9. The largest absolute Gasteiger partial charge is 0.489 e. The monoisotopic (exact) mass is 457 g/mol. The predicted octanol–water partition coefficient (Wildman–Crippen LogP) is 3.60. The third-order valence-corrected chi connectivity index (χ3v) is 5.38. The number of amides is 1. The highest BCUT2D eigenvalue weighted by Crippen LogP contribution is 2.26. The molecule has 10 heteroatoms. The third kappa shape index (κ3) is 5.97. The van der Waals surface area contributed by atoms with Gasteiger partial charge in [-0.1, -0.05) is 12.1 Å². The Balaban J connectivity index is 1.29. The molecule has 1 amide bonds. The summed E-state index contributed by atoms with van der Waals surface area (Å²) in [5.74, 6) is 0.734. The lowest BCUT2D eigenvalue weighted by Gasteiger charge is -2.20. The highest BCUT2D eigenvalue weighted by Gasteiger charge is 2.25. The molecule has 4 rings (SSSR count). The number of aromatic nitrogens is 3. The van der Waals surface area contributed by atoms with E-state index in [1.165, 1.54) is 6.20 Å². The summed E-state index contributed by atoms with van der Waals surface area (Å²) < 4.78 is 35.9. The summed E-state index contributed by atoms with van der Waals surface area (Å²) in [5.41, 5.74) is 2.30. The van der Waals surface area contributed by atoms with Crippen molar-refractivity contribution in [2.45, 2.75) is 31.9 Å². The average molecular weight is 457 g/mol. The number of anilines is 1. The van der Waals surface area contributed by atoms with Gasteiger partial charge in [0.1, 0.15) is 11.9 Å². The molecule has 0 radical (unpaired) electrons. The fourth-order valence-corrected chi connectivity index (χ4v) is 3.65. The van der Waals surface area contributed by atoms with Crippen LogP contribution in [0.5, 0.6) is 11.6 Å². The molecule has 0 saturated carbocycles. The van der Waals surface area contributed by atoms with E-state index in [4.69, 9.17) is 9.47 Å². The van der Waals surface area contributed by atoms with Gasteiger partial charge in [-0.25, -0.2) is 13.8 Å². The number of nitrogens with one attached hydrogen (secondary N) is 2. The first-order valence-electron chi connectivity index (χ1n) is 10.7. The van der Waals surface area contributed by atoms with Crippen LogP contribution in [0, 0.1) is 0 Å². The van der Waals surface area contributed by atoms with E-state index in [1.54, 1.807) is 18.5 Å². The fraction of sp³-hybridized carbons (Fsp3) is 0.348. The number of ether oxygens (including phenoxy) is 2. The van der Waals surface area contributed by atoms with Crippen LogP contribution >= 0.6 is 0 Å². The first-order chi connectivity index (χ1) is 16.0. The predicted molar refractivity (Wildman–Crippen MR) is 118 cm³/mol. The van der Waals surface area contributed by atoms with Crippen molar-refractivity contribution in [2.24, 2.45) is 0 Å². The Labute approximate surface area is 189 Å². The van der Waals surface area contributed by atoms with Gasteiger partial charge in [-0.15, -0.1) is 0 Å². The topological polar surface area (TPSA) is 92.4 Å². The summed E-state index contributed by atoms with van der Waals surface area (Å²) in [5, 5.41) is 9.34. The second-order valence-corrected chi connectivity index (χ2v) is 7.78. The Hall–Kier alpha value is -3.69. The number of benzene rings is 1. The number of carbonyl (C=O) groups excluding carboxylic acids is 1. The number of alkyl halides is 2. The summed E-state index contributed by atoms with van der Waals surface area (Å²) in [7, 11) is 0. The maximum atomic E-state index is 12.4. The Bertz CT molecular complexity index is 1050. The highest BCUT2D eigenvalue weighted by molar-refractivity contribution is 5.93. The number of halogens is 2. The van der Waals surface area contributed by atoms with Crippen molar-refractivity contribution in [3.05, 3.63) is 66.1 Å². The van der Waals surface area contributed by atoms with E-state index in [0.717, 1.165) is 30.0 Å². The van der Waals surface area contributed by atoms with Gasteiger partial charge in [-0.05, 0) is 30.7 Å². The van der Waals surface area contributed by atoms with Crippen LogP contribution in [0.3, 0.4) is 0 Å². The van der Waals surface area contributed by atoms with Gasteiger partial charge in [-0.3, -0.25) is 9.89 Å². The Morgan fingerprint density at radius 1 is 1.30 bits per heavy atom. The molecule has 3 aromatic rings. The fourth-order valence-electron chi connectivity index (χ4n) is 3.65. The lowest BCUT2D eigenvalue weighted by molar-refractivity contribution is 0.0796. The molecule has 1 aliphatic heterocycles. The van der Waals surface area contributed by atoms with Gasteiger partial charge in [0.2, 0.25) is 5.88 Å². The van der Waals surface area contributed by atoms with Gasteiger partial charge < -0.3 is 19.7 Å². The summed E-state index contributed by atoms with van der Waals surface area (Å²) >= 11 is 0. The van der Waals surface area contributed by atoms with E-state index in [0.29, 0.717) is 12.1 Å². The van der Waals surface area contributed by atoms with E-state index >= 15 is 0 Å². The maximum absolute atomic E-state index is 12.4. The van der Waals surface area contributed by atoms with Crippen molar-refractivity contribution < 1.29 is 23.0 Å². The van der Waals surface area contributed by atoms with Crippen molar-refractivity contribution >= 4 is 11.6 Å². The first kappa shape index (κ1) is 22.5. The van der Waals surface area contributed by atoms with Crippen LogP contribution in [0.4, 0.5) is 14.5 Å². The highest BCUT2D eigenvalue weighted by atomic mass is 19.3. The molecule has 8 nitrogen and oxygen atoms in total. The van der Waals surface area contributed by atoms with Crippen molar-refractivity contribution in [2.75, 3.05) is 24.6 Å². The zero-order valence-electron chi connectivity index (χ0n) is 18.1. The second-order valence-electron chi connectivity index (χ2n) is 7.78. The SMILES string of the molecule is C[C@H](NC(=O)c1cn[nH]c1)c1ccc(OC2CCN(c3ccnc(OCC(F)F)c3)C2)cc1. The van der Waals surface area contributed by atoms with Gasteiger partial charge in [0, 0.05) is 37.1 Å². The number of nitrogens with zero attached hydrogens (tertiary/aromatic N) is 3. The van der Waals surface area contributed by atoms with Crippen LogP contribution in [0.25, 0.3) is 0 Å². The van der Waals surface area contributed by atoms with Crippen molar-refractivity contribution in [1.29, 1.82) is 0 Å². The lowest BCUT2D eigenvalue weighted by atomic mass is 10.1. The van der Waals surface area contributed by atoms with E-state index in [-0.39, 0.29) is 23.9 Å². The minimum Gasteiger partial charge on any atom is -0.489 e. The molecular weight excluding hydrogens is 432 g/mol. The molecule has 1 aliphatic rings. The van der Waals surface area contributed by atoms with Crippen LogP contribution in [0.15, 0.2) is 55.0 Å². The van der Waals surface area contributed by atoms with Gasteiger partial charge >= 0.3 is 0 Å². The number of aromatic amines is 1. The molecule has 33 heavy (non-hydrogen) atoms. The normalized spacial score (nSPS) is 16.6. The molecule has 2 aromatic heterocycles. The Morgan fingerprint density at radius 3 is 2.85 bits per heavy atom. The van der Waals surface area contributed by atoms with Crippen molar-refractivity contribution in [1.82, 2.24) is 20.5 Å². The quantitative estimate of drug-likeness (QED) is 0.510. The van der Waals surface area contributed by atoms with E-state index < -0.39 is 13.0 Å². The molecule has 1 fully saturated rings. The summed E-state index contributed by atoms with van der Waals surface area (Å²) in [6.07, 6.45) is 2.86. The molecule has 0 aliphatic carbocycles. The molecule has 0 bridgehead atoms. The minimum absolute atomic E-state index is 0.00679. The van der Waals surface area contributed by atoms with Crippen molar-refractivity contribution in [3.63, 3.8) is 0 Å². The zero-order valence-corrected chi connectivity index (χ0v) is 18.1. The molecule has 3 heterocycles. The lowest BCUT2D eigenvalue weighted by Crippen LogP contribution is -2.26. The van der Waals surface area contributed by atoms with Gasteiger partial charge in [-0.2, -0.15) is 5.10 Å². The van der Waals surface area contributed by atoms with Crippen LogP contribution in [0.1, 0.15) is 35.3 Å². The molecule has 1 unspecified atom stereocenters. The number of hydrogen-bond acceptors (Lipinski definition) is 6. The molecule has 0 spiro atoms. The van der Waals surface area contributed by atoms with Crippen molar-refractivity contribution in [3.8, 4) is 11.6 Å². The third-order valence-electron chi connectivity index (χ3n) is 5.38. The average Bonchev–Trinajstić information content (AvgIpc) is 3.51. The molecule has 1 aromatic carbocycles. The first-order valence-corrected chi connectivity index (χ1v) is 10.7. The molecule has 2 atom stereocenters. The zero-order chi connectivity index (χ0) is 23.2. The van der Waals surface area contributed by atoms with Crippen LogP contribution < -0.4 is 19.7 Å². The second kappa shape index (κ2) is 10.3. The molecule has 174 valence electrons. The molecule has 1 saturated heterocycles. The van der Waals surface area contributed by atoms with Crippen LogP contribution in [0.2, 0.25) is 0 Å². The van der Waals surface area contributed by atoms with Gasteiger partial charge in [0.15, 0.2) is 6.61 Å². The Morgan fingerprint density at radius 2 is 2.12 bits per heavy atom. The minimum atomic E-state index is -2.54. The van der Waals surface area contributed by atoms with Crippen LogP contribution in [-0.2, 0) is 0 Å². The van der Waals surface area contributed by atoms with Gasteiger partial charge in [0.05, 0.1) is 24.3 Å². The number of H-pyrrole nitrogens is 1. The standard InChI is InChI=1S/C23H25F2N5O3/c1-15(29-23(31)17-11-27-28-12-17)16-2-4-19(5-3-16)33-20-7-9-30(13-20)18-6-8-26-22(10-18)32-14-21(24)25/h2-6,8,10-12,15,20-21H,7,9,13-14H2,1H3,(H,27,28)(H,29,31)/t15-,20?/m0/s1. The molecule has 2 N–H and O–H groups in total. The number of hydrogen-bond donors (Lipinski definition) is 2. The Kier molecular flexibility index (Phi) is 7.01. The van der Waals surface area contributed by atoms with E-state index in [9.17, 15) is 13.6 Å².